The zero-order chi connectivity index (χ0) is 12.9. The quantitative estimate of drug-likeness (QED) is 0.612. The fraction of sp³-hybridized carbons (Fsp3) is 0.200. The third-order valence-corrected chi connectivity index (χ3v) is 3.25. The van der Waals surface area contributed by atoms with Crippen molar-refractivity contribution in [3.05, 3.63) is 51.4 Å². The Labute approximate surface area is 104 Å². The molecule has 90 valence electrons. The molecule has 0 aliphatic heterocycles. The van der Waals surface area contributed by atoms with E-state index in [1.165, 1.54) is 5.56 Å². The summed E-state index contributed by atoms with van der Waals surface area (Å²) in [5.74, 6) is 0. The van der Waals surface area contributed by atoms with Crippen molar-refractivity contribution >= 4 is 21.8 Å². The minimum atomic E-state index is 0.0455. The van der Waals surface area contributed by atoms with Crippen LogP contribution in [0.25, 0.3) is 21.8 Å². The van der Waals surface area contributed by atoms with Gasteiger partial charge in [-0.15, -0.1) is 0 Å². The van der Waals surface area contributed by atoms with Crippen LogP contribution in [0.2, 0.25) is 0 Å². The number of rotatable bonds is 0. The summed E-state index contributed by atoms with van der Waals surface area (Å²) in [7, 11) is 0. The minimum Gasteiger partial charge on any atom is -0.357 e. The molecule has 0 amide bonds. The number of aromatic nitrogens is 2. The van der Waals surface area contributed by atoms with Gasteiger partial charge in [0.1, 0.15) is 0 Å². The zero-order valence-electron chi connectivity index (χ0n) is 10.7. The van der Waals surface area contributed by atoms with Crippen molar-refractivity contribution in [3.8, 4) is 0 Å². The van der Waals surface area contributed by atoms with Gasteiger partial charge in [0, 0.05) is 28.2 Å². The van der Waals surface area contributed by atoms with Gasteiger partial charge in [0.25, 0.3) is 0 Å². The van der Waals surface area contributed by atoms with Gasteiger partial charge >= 0.3 is 0 Å². The molecule has 2 heterocycles. The van der Waals surface area contributed by atoms with Crippen molar-refractivity contribution in [1.29, 1.82) is 0 Å². The van der Waals surface area contributed by atoms with Crippen molar-refractivity contribution < 1.29 is 0 Å². The van der Waals surface area contributed by atoms with E-state index < -0.39 is 0 Å². The van der Waals surface area contributed by atoms with Gasteiger partial charge in [0.15, 0.2) is 5.43 Å². The fourth-order valence-electron chi connectivity index (χ4n) is 2.46. The molecular weight excluding hydrogens is 224 g/mol. The van der Waals surface area contributed by atoms with Crippen LogP contribution in [0.4, 0.5) is 0 Å². The van der Waals surface area contributed by atoms with Crippen molar-refractivity contribution in [2.45, 2.75) is 20.8 Å². The van der Waals surface area contributed by atoms with E-state index in [2.05, 4.69) is 23.0 Å². The van der Waals surface area contributed by atoms with E-state index in [1.54, 1.807) is 6.07 Å². The molecule has 1 aromatic carbocycles. The third-order valence-electron chi connectivity index (χ3n) is 3.25. The highest BCUT2D eigenvalue weighted by atomic mass is 16.1. The number of hydrogen-bond donors (Lipinski definition) is 1. The highest BCUT2D eigenvalue weighted by Crippen LogP contribution is 2.23. The lowest BCUT2D eigenvalue weighted by molar-refractivity contribution is 1.21. The van der Waals surface area contributed by atoms with Crippen LogP contribution in [-0.4, -0.2) is 9.97 Å². The van der Waals surface area contributed by atoms with E-state index in [1.807, 2.05) is 26.0 Å². The van der Waals surface area contributed by atoms with Crippen LogP contribution in [0.15, 0.2) is 29.1 Å². The molecule has 18 heavy (non-hydrogen) atoms. The predicted octanol–water partition coefficient (Wildman–Crippen LogP) is 3.00. The number of aromatic amines is 1. The van der Waals surface area contributed by atoms with Crippen LogP contribution < -0.4 is 5.43 Å². The Balaban J connectivity index is 2.64. The number of aryl methyl sites for hydroxylation is 3. The Hall–Kier alpha value is -2.16. The van der Waals surface area contributed by atoms with Crippen molar-refractivity contribution in [2.75, 3.05) is 0 Å². The van der Waals surface area contributed by atoms with Crippen LogP contribution in [-0.2, 0) is 0 Å². The van der Waals surface area contributed by atoms with Crippen LogP contribution in [0.1, 0.15) is 17.0 Å². The molecule has 3 nitrogen and oxygen atoms in total. The maximum absolute atomic E-state index is 12.0. The molecule has 0 bridgehead atoms. The van der Waals surface area contributed by atoms with Crippen molar-refractivity contribution in [3.63, 3.8) is 0 Å². The van der Waals surface area contributed by atoms with E-state index in [0.717, 1.165) is 27.8 Å². The summed E-state index contributed by atoms with van der Waals surface area (Å²) >= 11 is 0. The van der Waals surface area contributed by atoms with Gasteiger partial charge < -0.3 is 4.98 Å². The average molecular weight is 238 g/mol. The first kappa shape index (κ1) is 11.0. The molecule has 0 radical (unpaired) electrons. The maximum atomic E-state index is 12.0. The second-order valence-corrected chi connectivity index (χ2v) is 4.78. The molecule has 1 N–H and O–H groups in total. The molecule has 3 heteroatoms. The molecule has 3 rings (SSSR count). The van der Waals surface area contributed by atoms with E-state index >= 15 is 0 Å². The van der Waals surface area contributed by atoms with Gasteiger partial charge in [-0.25, -0.2) is 0 Å². The summed E-state index contributed by atoms with van der Waals surface area (Å²) in [5.41, 5.74) is 4.77. The second kappa shape index (κ2) is 3.67. The number of pyridine rings is 2. The monoisotopic (exact) mass is 238 g/mol. The number of nitrogens with zero attached hydrogens (tertiary/aromatic N) is 1. The standard InChI is InChI=1S/C15H14N2O/c1-8-6-9(2)16-14-11(8)4-5-12-13(18)7-10(3)17-15(12)14/h4-7H,1-3H3,(H,17,18). The minimum absolute atomic E-state index is 0.0455. The highest BCUT2D eigenvalue weighted by molar-refractivity contribution is 6.03. The molecule has 0 fully saturated rings. The number of hydrogen-bond acceptors (Lipinski definition) is 2. The summed E-state index contributed by atoms with van der Waals surface area (Å²) in [4.78, 5) is 19.8. The molecule has 0 atom stereocenters. The second-order valence-electron chi connectivity index (χ2n) is 4.78. The first-order valence-corrected chi connectivity index (χ1v) is 5.97. The first-order chi connectivity index (χ1) is 8.56. The van der Waals surface area contributed by atoms with Crippen molar-refractivity contribution in [1.82, 2.24) is 9.97 Å². The molecule has 3 aromatic rings. The summed E-state index contributed by atoms with van der Waals surface area (Å²) in [6.45, 7) is 5.93. The summed E-state index contributed by atoms with van der Waals surface area (Å²) in [6, 6.07) is 7.53. The van der Waals surface area contributed by atoms with Crippen LogP contribution in [0.3, 0.4) is 0 Å². The normalized spacial score (nSPS) is 11.3. The topological polar surface area (TPSA) is 45.8 Å². The van der Waals surface area contributed by atoms with E-state index in [0.29, 0.717) is 5.39 Å². The Morgan fingerprint density at radius 3 is 2.56 bits per heavy atom. The van der Waals surface area contributed by atoms with E-state index in [9.17, 15) is 4.79 Å². The molecule has 0 saturated heterocycles. The Morgan fingerprint density at radius 2 is 1.78 bits per heavy atom. The Morgan fingerprint density at radius 1 is 1.06 bits per heavy atom. The molecule has 0 spiro atoms. The van der Waals surface area contributed by atoms with Gasteiger partial charge in [0.2, 0.25) is 0 Å². The van der Waals surface area contributed by atoms with Gasteiger partial charge in [-0.3, -0.25) is 9.78 Å². The predicted molar refractivity (Wildman–Crippen MR) is 74.1 cm³/mol. The fourth-order valence-corrected chi connectivity index (χ4v) is 2.46. The molecule has 0 saturated carbocycles. The zero-order valence-corrected chi connectivity index (χ0v) is 10.7. The van der Waals surface area contributed by atoms with Crippen LogP contribution in [0.5, 0.6) is 0 Å². The summed E-state index contributed by atoms with van der Waals surface area (Å²) < 4.78 is 0. The smallest absolute Gasteiger partial charge is 0.189 e. The lowest BCUT2D eigenvalue weighted by Gasteiger charge is -2.07. The SMILES string of the molecule is Cc1cc(C)c2ccc3c(=O)cc(C)[nH]c3c2n1. The maximum Gasteiger partial charge on any atom is 0.189 e. The third kappa shape index (κ3) is 1.51. The van der Waals surface area contributed by atoms with Crippen LogP contribution >= 0.6 is 0 Å². The lowest BCUT2D eigenvalue weighted by atomic mass is 10.1. The lowest BCUT2D eigenvalue weighted by Crippen LogP contribution is -2.04. The average Bonchev–Trinajstić information content (AvgIpc) is 2.28. The van der Waals surface area contributed by atoms with Gasteiger partial charge in [-0.2, -0.15) is 0 Å². The number of H-pyrrole nitrogens is 1. The van der Waals surface area contributed by atoms with E-state index in [4.69, 9.17) is 0 Å². The van der Waals surface area contributed by atoms with E-state index in [-0.39, 0.29) is 5.43 Å². The Bertz CT molecular complexity index is 831. The molecule has 0 aliphatic carbocycles. The number of benzene rings is 1. The number of fused-ring (bicyclic) bond motifs is 3. The van der Waals surface area contributed by atoms with Gasteiger partial charge in [0.05, 0.1) is 11.0 Å². The molecular formula is C15H14N2O. The Kier molecular flexibility index (Phi) is 2.23. The first-order valence-electron chi connectivity index (χ1n) is 5.97. The van der Waals surface area contributed by atoms with Crippen LogP contribution in [0, 0.1) is 20.8 Å². The number of nitrogens with one attached hydrogen (secondary N) is 1. The van der Waals surface area contributed by atoms with Gasteiger partial charge in [-0.1, -0.05) is 6.07 Å². The highest BCUT2D eigenvalue weighted by Gasteiger charge is 2.08. The van der Waals surface area contributed by atoms with Crippen molar-refractivity contribution in [2.24, 2.45) is 0 Å². The summed E-state index contributed by atoms with van der Waals surface area (Å²) in [5, 5.41) is 1.79. The molecule has 0 unspecified atom stereocenters. The molecule has 2 aromatic heterocycles. The largest absolute Gasteiger partial charge is 0.357 e. The molecule has 0 aliphatic rings. The summed E-state index contributed by atoms with van der Waals surface area (Å²) in [6.07, 6.45) is 0. The van der Waals surface area contributed by atoms with Gasteiger partial charge in [-0.05, 0) is 38.5 Å².